The van der Waals surface area contributed by atoms with E-state index in [9.17, 15) is 23.3 Å². The number of halogens is 3. The van der Waals surface area contributed by atoms with Crippen LogP contribution in [0.3, 0.4) is 0 Å². The van der Waals surface area contributed by atoms with Gasteiger partial charge in [0.25, 0.3) is 5.69 Å². The van der Waals surface area contributed by atoms with Crippen LogP contribution in [0.15, 0.2) is 36.4 Å². The van der Waals surface area contributed by atoms with Crippen molar-refractivity contribution in [3.8, 4) is 0 Å². The number of anilines is 2. The molecule has 0 bridgehead atoms. The van der Waals surface area contributed by atoms with Crippen molar-refractivity contribution in [2.45, 2.75) is 0 Å². The standard InChI is InChI=1S/C12H7F3N2O2/c13-7-4-8(6-9(5-7)17(18)19)16-11-3-1-2-10(14)12(11)15/h1-6,16H. The third kappa shape index (κ3) is 2.82. The molecule has 0 saturated heterocycles. The molecule has 2 rings (SSSR count). The molecule has 0 spiro atoms. The number of nitrogens with zero attached hydrogens (tertiary/aromatic N) is 1. The van der Waals surface area contributed by atoms with Crippen LogP contribution in [0.2, 0.25) is 0 Å². The molecule has 0 unspecified atom stereocenters. The Hall–Kier alpha value is -2.57. The fourth-order valence-electron chi connectivity index (χ4n) is 1.51. The number of nitro benzene ring substituents is 1. The molecule has 0 radical (unpaired) electrons. The molecule has 0 fully saturated rings. The van der Waals surface area contributed by atoms with E-state index < -0.39 is 28.1 Å². The lowest BCUT2D eigenvalue weighted by Crippen LogP contribution is -1.98. The Morgan fingerprint density at radius 2 is 1.84 bits per heavy atom. The van der Waals surface area contributed by atoms with Gasteiger partial charge in [0.05, 0.1) is 16.7 Å². The summed E-state index contributed by atoms with van der Waals surface area (Å²) in [6.07, 6.45) is 0. The van der Waals surface area contributed by atoms with Crippen molar-refractivity contribution < 1.29 is 18.1 Å². The molecule has 0 amide bonds. The van der Waals surface area contributed by atoms with E-state index in [-0.39, 0.29) is 11.4 Å². The average Bonchev–Trinajstić information content (AvgIpc) is 2.34. The number of nitro groups is 1. The summed E-state index contributed by atoms with van der Waals surface area (Å²) in [6.45, 7) is 0. The molecule has 0 saturated carbocycles. The molecule has 0 aliphatic heterocycles. The van der Waals surface area contributed by atoms with E-state index in [1.54, 1.807) is 0 Å². The van der Waals surface area contributed by atoms with Crippen LogP contribution in [0, 0.1) is 27.6 Å². The fourth-order valence-corrected chi connectivity index (χ4v) is 1.51. The van der Waals surface area contributed by atoms with E-state index in [2.05, 4.69) is 5.32 Å². The summed E-state index contributed by atoms with van der Waals surface area (Å²) in [4.78, 5) is 9.77. The summed E-state index contributed by atoms with van der Waals surface area (Å²) >= 11 is 0. The van der Waals surface area contributed by atoms with Crippen LogP contribution in [-0.2, 0) is 0 Å². The van der Waals surface area contributed by atoms with Gasteiger partial charge in [-0.15, -0.1) is 0 Å². The van der Waals surface area contributed by atoms with Crippen LogP contribution in [0.4, 0.5) is 30.2 Å². The maximum Gasteiger partial charge on any atom is 0.274 e. The Labute approximate surface area is 105 Å². The molecule has 0 aromatic heterocycles. The van der Waals surface area contributed by atoms with Gasteiger partial charge in [-0.05, 0) is 18.2 Å². The molecule has 2 aromatic carbocycles. The number of nitrogens with one attached hydrogen (secondary N) is 1. The summed E-state index contributed by atoms with van der Waals surface area (Å²) in [5.74, 6) is -3.07. The molecule has 19 heavy (non-hydrogen) atoms. The highest BCUT2D eigenvalue weighted by Gasteiger charge is 2.12. The van der Waals surface area contributed by atoms with Gasteiger partial charge in [-0.25, -0.2) is 13.2 Å². The number of hydrogen-bond donors (Lipinski definition) is 1. The van der Waals surface area contributed by atoms with Crippen molar-refractivity contribution in [2.75, 3.05) is 5.32 Å². The van der Waals surface area contributed by atoms with Crippen LogP contribution in [0.1, 0.15) is 0 Å². The SMILES string of the molecule is O=[N+]([O-])c1cc(F)cc(Nc2cccc(F)c2F)c1. The van der Waals surface area contributed by atoms with Crippen LogP contribution >= 0.6 is 0 Å². The molecule has 0 atom stereocenters. The van der Waals surface area contributed by atoms with Gasteiger partial charge in [0, 0.05) is 11.8 Å². The minimum Gasteiger partial charge on any atom is -0.353 e. The van der Waals surface area contributed by atoms with Gasteiger partial charge in [-0.2, -0.15) is 0 Å². The first-order valence-corrected chi connectivity index (χ1v) is 5.13. The van der Waals surface area contributed by atoms with Gasteiger partial charge in [0.2, 0.25) is 0 Å². The molecule has 0 aliphatic carbocycles. The van der Waals surface area contributed by atoms with Gasteiger partial charge < -0.3 is 5.32 Å². The lowest BCUT2D eigenvalue weighted by atomic mass is 10.2. The fraction of sp³-hybridized carbons (Fsp3) is 0. The van der Waals surface area contributed by atoms with E-state index in [0.717, 1.165) is 24.3 Å². The highest BCUT2D eigenvalue weighted by atomic mass is 19.2. The molecule has 0 heterocycles. The third-order valence-corrected chi connectivity index (χ3v) is 2.32. The molecule has 98 valence electrons. The molecular formula is C12H7F3N2O2. The number of non-ortho nitro benzene ring substituents is 1. The van der Waals surface area contributed by atoms with E-state index in [1.807, 2.05) is 0 Å². The Morgan fingerprint density at radius 1 is 1.11 bits per heavy atom. The maximum absolute atomic E-state index is 13.4. The van der Waals surface area contributed by atoms with Crippen LogP contribution < -0.4 is 5.32 Å². The summed E-state index contributed by atoms with van der Waals surface area (Å²) in [6, 6.07) is 6.11. The predicted molar refractivity (Wildman–Crippen MR) is 62.7 cm³/mol. The Morgan fingerprint density at radius 3 is 2.53 bits per heavy atom. The third-order valence-electron chi connectivity index (χ3n) is 2.32. The van der Waals surface area contributed by atoms with E-state index in [1.165, 1.54) is 12.1 Å². The molecule has 0 aliphatic rings. The van der Waals surface area contributed by atoms with Gasteiger partial charge >= 0.3 is 0 Å². The second-order valence-electron chi connectivity index (χ2n) is 3.68. The lowest BCUT2D eigenvalue weighted by molar-refractivity contribution is -0.385. The van der Waals surface area contributed by atoms with Crippen molar-refractivity contribution in [1.82, 2.24) is 0 Å². The van der Waals surface area contributed by atoms with Gasteiger partial charge in [-0.3, -0.25) is 10.1 Å². The zero-order valence-corrected chi connectivity index (χ0v) is 9.36. The Bertz CT molecular complexity index is 647. The minimum absolute atomic E-state index is 0.0452. The number of rotatable bonds is 3. The smallest absolute Gasteiger partial charge is 0.274 e. The van der Waals surface area contributed by atoms with Crippen LogP contribution in [-0.4, -0.2) is 4.92 Å². The van der Waals surface area contributed by atoms with Gasteiger partial charge in [0.15, 0.2) is 11.6 Å². The first kappa shape index (κ1) is 12.9. The van der Waals surface area contributed by atoms with Gasteiger partial charge in [-0.1, -0.05) is 6.07 Å². The topological polar surface area (TPSA) is 55.2 Å². The lowest BCUT2D eigenvalue weighted by Gasteiger charge is -2.08. The van der Waals surface area contributed by atoms with Crippen molar-refractivity contribution in [3.05, 3.63) is 64.0 Å². The zero-order chi connectivity index (χ0) is 14.0. The highest BCUT2D eigenvalue weighted by molar-refractivity contribution is 5.62. The van der Waals surface area contributed by atoms with Crippen molar-refractivity contribution in [2.24, 2.45) is 0 Å². The van der Waals surface area contributed by atoms with Crippen LogP contribution in [0.25, 0.3) is 0 Å². The molecule has 7 heteroatoms. The minimum atomic E-state index is -1.14. The average molecular weight is 268 g/mol. The Kier molecular flexibility index (Phi) is 3.37. The van der Waals surface area contributed by atoms with E-state index >= 15 is 0 Å². The summed E-state index contributed by atoms with van der Waals surface area (Å²) < 4.78 is 39.5. The Balaban J connectivity index is 2.38. The molecular weight excluding hydrogens is 261 g/mol. The van der Waals surface area contributed by atoms with Crippen molar-refractivity contribution in [3.63, 3.8) is 0 Å². The van der Waals surface area contributed by atoms with Crippen molar-refractivity contribution >= 4 is 17.1 Å². The highest BCUT2D eigenvalue weighted by Crippen LogP contribution is 2.25. The van der Waals surface area contributed by atoms with Gasteiger partial charge in [0.1, 0.15) is 5.82 Å². The summed E-state index contributed by atoms with van der Waals surface area (Å²) in [5, 5.41) is 12.9. The summed E-state index contributed by atoms with van der Waals surface area (Å²) in [5.41, 5.74) is -0.768. The molecule has 2 aromatic rings. The van der Waals surface area contributed by atoms with E-state index in [4.69, 9.17) is 0 Å². The van der Waals surface area contributed by atoms with Crippen molar-refractivity contribution in [1.29, 1.82) is 0 Å². The largest absolute Gasteiger partial charge is 0.353 e. The first-order chi connectivity index (χ1) is 8.97. The molecule has 1 N–H and O–H groups in total. The number of hydrogen-bond acceptors (Lipinski definition) is 3. The van der Waals surface area contributed by atoms with Crippen LogP contribution in [0.5, 0.6) is 0 Å². The molecule has 4 nitrogen and oxygen atoms in total. The maximum atomic E-state index is 13.4. The quantitative estimate of drug-likeness (QED) is 0.681. The monoisotopic (exact) mass is 268 g/mol. The second-order valence-corrected chi connectivity index (χ2v) is 3.68. The second kappa shape index (κ2) is 4.97. The summed E-state index contributed by atoms with van der Waals surface area (Å²) in [7, 11) is 0. The van der Waals surface area contributed by atoms with E-state index in [0.29, 0.717) is 0 Å². The first-order valence-electron chi connectivity index (χ1n) is 5.13. The zero-order valence-electron chi connectivity index (χ0n) is 9.36. The number of benzene rings is 2. The normalized spacial score (nSPS) is 10.3. The predicted octanol–water partition coefficient (Wildman–Crippen LogP) is 3.76.